The predicted octanol–water partition coefficient (Wildman–Crippen LogP) is 3.53. The average molecular weight is 431 g/mol. The fourth-order valence-electron chi connectivity index (χ4n) is 4.23. The van der Waals surface area contributed by atoms with Crippen molar-refractivity contribution in [1.29, 1.82) is 0 Å². The number of hydrogen-bond donors (Lipinski definition) is 4. The first-order chi connectivity index (χ1) is 12.3. The zero-order valence-corrected chi connectivity index (χ0v) is 19.4. The second-order valence-electron chi connectivity index (χ2n) is 7.20. The molecule has 0 radical (unpaired) electrons. The number of nitrogens with zero attached hydrogens (tertiary/aromatic N) is 1. The average Bonchev–Trinajstić information content (AvgIpc) is 2.56. The molecule has 0 bridgehead atoms. The summed E-state index contributed by atoms with van der Waals surface area (Å²) in [4.78, 5) is 41.0. The van der Waals surface area contributed by atoms with Gasteiger partial charge >= 0.3 is 15.2 Å². The molecule has 0 saturated heterocycles. The summed E-state index contributed by atoms with van der Waals surface area (Å²) in [5, 5.41) is 0. The Morgan fingerprint density at radius 3 is 1.30 bits per heavy atom. The molecule has 27 heavy (non-hydrogen) atoms. The highest BCUT2D eigenvalue weighted by Crippen LogP contribution is 2.51. The van der Waals surface area contributed by atoms with Crippen molar-refractivity contribution in [2.75, 3.05) is 18.9 Å². The Labute approximate surface area is 164 Å². The molecule has 0 heterocycles. The van der Waals surface area contributed by atoms with E-state index < -0.39 is 32.5 Å². The van der Waals surface area contributed by atoms with Crippen LogP contribution in [0.3, 0.4) is 0 Å². The molecule has 1 atom stereocenters. The quantitative estimate of drug-likeness (QED) is 0.243. The van der Waals surface area contributed by atoms with Gasteiger partial charge in [0.2, 0.25) is 0 Å². The molecule has 0 amide bonds. The minimum atomic E-state index is -4.38. The molecule has 4 N–H and O–H groups in total. The lowest BCUT2D eigenvalue weighted by Crippen LogP contribution is -2.67. The van der Waals surface area contributed by atoms with Crippen LogP contribution >= 0.6 is 15.2 Å². The molecule has 0 spiro atoms. The Bertz CT molecular complexity index is 483. The maximum atomic E-state index is 12.0. The molecule has 10 heteroatoms. The van der Waals surface area contributed by atoms with Gasteiger partial charge in [0.05, 0.1) is 12.3 Å². The fourth-order valence-corrected chi connectivity index (χ4v) is 6.96. The van der Waals surface area contributed by atoms with E-state index in [0.29, 0.717) is 38.7 Å². The second-order valence-corrected chi connectivity index (χ2v) is 10.5. The third-order valence-corrected chi connectivity index (χ3v) is 7.65. The first-order valence-electron chi connectivity index (χ1n) is 9.80. The molecule has 0 saturated carbocycles. The summed E-state index contributed by atoms with van der Waals surface area (Å²) >= 11 is 0. The van der Waals surface area contributed by atoms with Crippen molar-refractivity contribution >= 4 is 15.2 Å². The van der Waals surface area contributed by atoms with Crippen molar-refractivity contribution in [3.63, 3.8) is 0 Å². The van der Waals surface area contributed by atoms with Crippen LogP contribution in [0.15, 0.2) is 0 Å². The summed E-state index contributed by atoms with van der Waals surface area (Å²) in [6.45, 7) is 11.6. The molecule has 0 aliphatic rings. The topological polar surface area (TPSA) is 128 Å². The number of hydrogen-bond acceptors (Lipinski definition) is 4. The molecule has 8 nitrogen and oxygen atoms in total. The molecular weight excluding hydrogens is 392 g/mol. The van der Waals surface area contributed by atoms with Gasteiger partial charge in [-0.05, 0) is 39.0 Å². The molecule has 0 rings (SSSR count). The van der Waals surface area contributed by atoms with Gasteiger partial charge in [0.15, 0.2) is 0 Å². The van der Waals surface area contributed by atoms with Crippen molar-refractivity contribution in [3.8, 4) is 0 Å². The summed E-state index contributed by atoms with van der Waals surface area (Å²) in [5.74, 6) is 0. The van der Waals surface area contributed by atoms with E-state index in [9.17, 15) is 28.7 Å². The normalized spacial score (nSPS) is 15.4. The molecule has 1 unspecified atom stereocenters. The van der Waals surface area contributed by atoms with E-state index in [4.69, 9.17) is 4.74 Å². The molecule has 0 aromatic heterocycles. The molecule has 0 aliphatic heterocycles. The largest absolute Gasteiger partial charge is 0.363 e. The van der Waals surface area contributed by atoms with Crippen LogP contribution in [0.25, 0.3) is 0 Å². The van der Waals surface area contributed by atoms with E-state index in [1.165, 1.54) is 0 Å². The van der Waals surface area contributed by atoms with E-state index in [0.717, 1.165) is 0 Å². The van der Waals surface area contributed by atoms with Crippen LogP contribution in [0.4, 0.5) is 0 Å². The van der Waals surface area contributed by atoms with Crippen molar-refractivity contribution in [2.24, 2.45) is 0 Å². The predicted molar refractivity (Wildman–Crippen MR) is 108 cm³/mol. The lowest BCUT2D eigenvalue weighted by molar-refractivity contribution is -0.158. The van der Waals surface area contributed by atoms with Gasteiger partial charge in [0.1, 0.15) is 6.23 Å². The summed E-state index contributed by atoms with van der Waals surface area (Å²) in [5.41, 5.74) is -1.87. The third-order valence-electron chi connectivity index (χ3n) is 5.65. The zero-order chi connectivity index (χ0) is 21.5. The molecule has 0 aromatic carbocycles. The molecule has 0 fully saturated rings. The van der Waals surface area contributed by atoms with Gasteiger partial charge in [0, 0.05) is 17.7 Å². The molecule has 0 aromatic rings. The number of ether oxygens (including phenoxy) is 1. The maximum Gasteiger partial charge on any atom is 0.327 e. The van der Waals surface area contributed by atoms with E-state index in [1.807, 2.05) is 46.4 Å². The van der Waals surface area contributed by atoms with E-state index >= 15 is 0 Å². The second kappa shape index (κ2) is 10.8. The Balaban J connectivity index is 6.72. The lowest BCUT2D eigenvalue weighted by atomic mass is 9.82. The van der Waals surface area contributed by atoms with Crippen LogP contribution in [-0.4, -0.2) is 60.7 Å². The Morgan fingerprint density at radius 2 is 1.11 bits per heavy atom. The van der Waals surface area contributed by atoms with Gasteiger partial charge < -0.3 is 24.3 Å². The minimum Gasteiger partial charge on any atom is -0.363 e. The zero-order valence-electron chi connectivity index (χ0n) is 17.6. The van der Waals surface area contributed by atoms with Gasteiger partial charge in [-0.3, -0.25) is 14.0 Å². The van der Waals surface area contributed by atoms with Crippen molar-refractivity contribution < 1.29 is 33.4 Å². The van der Waals surface area contributed by atoms with Crippen molar-refractivity contribution in [2.45, 2.75) is 91.0 Å². The van der Waals surface area contributed by atoms with Crippen LogP contribution < -0.4 is 0 Å². The van der Waals surface area contributed by atoms with Crippen LogP contribution in [0.1, 0.15) is 73.6 Å². The SMILES string of the molecule is CCOC(CC)N(C(CC)(CC)CP(=O)(O)O)C(CC)(CC)CP(=O)(O)O. The van der Waals surface area contributed by atoms with Crippen LogP contribution in [0.2, 0.25) is 0 Å². The summed E-state index contributed by atoms with van der Waals surface area (Å²) < 4.78 is 29.9. The highest BCUT2D eigenvalue weighted by atomic mass is 31.2. The maximum absolute atomic E-state index is 12.0. The van der Waals surface area contributed by atoms with Crippen molar-refractivity contribution in [3.05, 3.63) is 0 Å². The minimum absolute atomic E-state index is 0.376. The van der Waals surface area contributed by atoms with Crippen molar-refractivity contribution in [1.82, 2.24) is 4.90 Å². The highest BCUT2D eigenvalue weighted by molar-refractivity contribution is 7.52. The van der Waals surface area contributed by atoms with Gasteiger partial charge in [-0.1, -0.05) is 34.6 Å². The van der Waals surface area contributed by atoms with Crippen LogP contribution in [0.5, 0.6) is 0 Å². The van der Waals surface area contributed by atoms with E-state index in [-0.39, 0.29) is 12.3 Å². The Hall–Kier alpha value is 0.220. The number of rotatable bonds is 14. The van der Waals surface area contributed by atoms with Gasteiger partial charge in [0.25, 0.3) is 0 Å². The molecular formula is C17H39NO7P2. The third kappa shape index (κ3) is 7.52. The fraction of sp³-hybridized carbons (Fsp3) is 1.00. The first kappa shape index (κ1) is 27.2. The standard InChI is InChI=1S/C17H39NO7P2/c1-7-15(25-12-6)18(16(8-2,9-3)13-26(19,20)21)17(10-4,11-5)14-27(22,23)24/h15H,7-14H2,1-6H3,(H2,19,20,21)(H2,22,23,24). The lowest BCUT2D eigenvalue weighted by Gasteiger charge is -2.57. The first-order valence-corrected chi connectivity index (χ1v) is 13.4. The van der Waals surface area contributed by atoms with Crippen LogP contribution in [0, 0.1) is 0 Å². The molecule has 0 aliphatic carbocycles. The summed E-state index contributed by atoms with van der Waals surface area (Å²) in [6.07, 6.45) is 1.02. The van der Waals surface area contributed by atoms with E-state index in [2.05, 4.69) is 0 Å². The van der Waals surface area contributed by atoms with Gasteiger partial charge in [-0.15, -0.1) is 0 Å². The Morgan fingerprint density at radius 1 is 0.778 bits per heavy atom. The highest BCUT2D eigenvalue weighted by Gasteiger charge is 2.52. The van der Waals surface area contributed by atoms with Gasteiger partial charge in [-0.2, -0.15) is 0 Å². The smallest absolute Gasteiger partial charge is 0.327 e. The van der Waals surface area contributed by atoms with E-state index in [1.54, 1.807) is 0 Å². The summed E-state index contributed by atoms with van der Waals surface area (Å²) in [6, 6.07) is 0. The monoisotopic (exact) mass is 431 g/mol. The van der Waals surface area contributed by atoms with Gasteiger partial charge in [-0.25, -0.2) is 0 Å². The summed E-state index contributed by atoms with van der Waals surface area (Å²) in [7, 11) is -8.75. The Kier molecular flexibility index (Phi) is 10.9. The van der Waals surface area contributed by atoms with Crippen LogP contribution in [-0.2, 0) is 13.9 Å². The molecule has 164 valence electrons.